The number of aliphatic carboxylic acids is 2. The summed E-state index contributed by atoms with van der Waals surface area (Å²) in [5, 5.41) is 41.7. The van der Waals surface area contributed by atoms with Crippen molar-refractivity contribution >= 4 is 17.7 Å². The van der Waals surface area contributed by atoms with Gasteiger partial charge in [0, 0.05) is 12.8 Å². The van der Waals surface area contributed by atoms with Crippen LogP contribution in [0.3, 0.4) is 0 Å². The molecule has 0 aromatic heterocycles. The minimum absolute atomic E-state index is 0.116. The van der Waals surface area contributed by atoms with Crippen molar-refractivity contribution in [1.29, 1.82) is 0 Å². The molecule has 3 atom stereocenters. The first kappa shape index (κ1) is 18.8. The van der Waals surface area contributed by atoms with E-state index in [4.69, 9.17) is 25.5 Å². The summed E-state index contributed by atoms with van der Waals surface area (Å²) in [5.41, 5.74) is 0. The zero-order chi connectivity index (χ0) is 14.9. The Morgan fingerprint density at radius 3 is 1.44 bits per heavy atom. The van der Waals surface area contributed by atoms with Crippen molar-refractivity contribution in [3.8, 4) is 0 Å². The van der Waals surface area contributed by atoms with E-state index in [-0.39, 0.29) is 18.6 Å². The Balaban J connectivity index is 0. The monoisotopic (exact) mass is 266 g/mol. The van der Waals surface area contributed by atoms with Gasteiger partial charge >= 0.3 is 11.9 Å². The lowest BCUT2D eigenvalue weighted by atomic mass is 10.2. The first-order valence-electron chi connectivity index (χ1n) is 5.07. The van der Waals surface area contributed by atoms with E-state index in [1.165, 1.54) is 13.8 Å². The number of carbonyl (C=O) groups is 3. The summed E-state index contributed by atoms with van der Waals surface area (Å²) >= 11 is 0. The summed E-state index contributed by atoms with van der Waals surface area (Å²) in [6, 6.07) is 0. The third kappa shape index (κ3) is 12.6. The van der Waals surface area contributed by atoms with Crippen LogP contribution in [0, 0.1) is 0 Å². The number of Topliss-reactive ketones (excluding diaryl/α,β-unsaturated/α-hetero) is 1. The summed E-state index contributed by atoms with van der Waals surface area (Å²) in [7, 11) is 0. The van der Waals surface area contributed by atoms with Crippen molar-refractivity contribution in [2.75, 3.05) is 0 Å². The van der Waals surface area contributed by atoms with Gasteiger partial charge in [-0.3, -0.25) is 4.79 Å². The van der Waals surface area contributed by atoms with Crippen molar-refractivity contribution in [3.05, 3.63) is 0 Å². The van der Waals surface area contributed by atoms with Gasteiger partial charge in [0.2, 0.25) is 0 Å². The maximum atomic E-state index is 10.1. The minimum Gasteiger partial charge on any atom is -0.479 e. The molecular weight excluding hydrogens is 248 g/mol. The Bertz CT molecular complexity index is 286. The van der Waals surface area contributed by atoms with Crippen molar-refractivity contribution in [1.82, 2.24) is 0 Å². The molecule has 8 nitrogen and oxygen atoms in total. The van der Waals surface area contributed by atoms with Crippen molar-refractivity contribution < 1.29 is 39.9 Å². The molecule has 0 rings (SSSR count). The lowest BCUT2D eigenvalue weighted by Crippen LogP contribution is -2.23. The maximum absolute atomic E-state index is 10.1. The van der Waals surface area contributed by atoms with Gasteiger partial charge in [0.25, 0.3) is 0 Å². The van der Waals surface area contributed by atoms with E-state index in [9.17, 15) is 14.4 Å². The van der Waals surface area contributed by atoms with E-state index in [0.29, 0.717) is 0 Å². The predicted octanol–water partition coefficient (Wildman–Crippen LogP) is -1.39. The number of aliphatic hydroxyl groups is 3. The van der Waals surface area contributed by atoms with Gasteiger partial charge in [0.15, 0.2) is 12.2 Å². The topological polar surface area (TPSA) is 152 Å². The molecule has 0 heterocycles. The van der Waals surface area contributed by atoms with Gasteiger partial charge in [0.1, 0.15) is 5.78 Å². The zero-order valence-electron chi connectivity index (χ0n) is 10.1. The van der Waals surface area contributed by atoms with Crippen LogP contribution in [-0.4, -0.2) is 61.6 Å². The van der Waals surface area contributed by atoms with Crippen LogP contribution in [0.1, 0.15) is 26.7 Å². The Hall–Kier alpha value is -1.51. The van der Waals surface area contributed by atoms with E-state index in [1.54, 1.807) is 0 Å². The van der Waals surface area contributed by atoms with E-state index in [1.807, 2.05) is 0 Å². The fraction of sp³-hybridized carbons (Fsp3) is 0.700. The Morgan fingerprint density at radius 2 is 1.33 bits per heavy atom. The molecule has 0 amide bonds. The second-order valence-corrected chi connectivity index (χ2v) is 3.70. The van der Waals surface area contributed by atoms with Gasteiger partial charge in [0.05, 0.1) is 6.10 Å². The molecule has 8 heteroatoms. The van der Waals surface area contributed by atoms with Crippen LogP contribution in [0.25, 0.3) is 0 Å². The number of ketones is 1. The molecule has 0 spiro atoms. The largest absolute Gasteiger partial charge is 0.479 e. The molecule has 0 saturated carbocycles. The lowest BCUT2D eigenvalue weighted by Gasteiger charge is -2.05. The Labute approximate surface area is 103 Å². The van der Waals surface area contributed by atoms with Crippen LogP contribution in [-0.2, 0) is 14.4 Å². The van der Waals surface area contributed by atoms with E-state index >= 15 is 0 Å². The van der Waals surface area contributed by atoms with E-state index in [0.717, 1.165) is 0 Å². The number of hydrogen-bond donors (Lipinski definition) is 5. The van der Waals surface area contributed by atoms with Gasteiger partial charge in [-0.15, -0.1) is 0 Å². The van der Waals surface area contributed by atoms with Gasteiger partial charge < -0.3 is 25.5 Å². The molecule has 18 heavy (non-hydrogen) atoms. The van der Waals surface area contributed by atoms with Crippen LogP contribution < -0.4 is 0 Å². The predicted molar refractivity (Wildman–Crippen MR) is 58.9 cm³/mol. The highest BCUT2D eigenvalue weighted by Gasteiger charge is 2.15. The van der Waals surface area contributed by atoms with E-state index in [2.05, 4.69) is 0 Å². The average molecular weight is 266 g/mol. The molecule has 0 aliphatic heterocycles. The van der Waals surface area contributed by atoms with Crippen LogP contribution in [0.2, 0.25) is 0 Å². The lowest BCUT2D eigenvalue weighted by molar-refractivity contribution is -0.148. The van der Waals surface area contributed by atoms with Crippen molar-refractivity contribution in [2.45, 2.75) is 45.0 Å². The number of hydrogen-bond acceptors (Lipinski definition) is 6. The van der Waals surface area contributed by atoms with Crippen LogP contribution in [0.15, 0.2) is 0 Å². The molecule has 0 fully saturated rings. The molecule has 0 aromatic carbocycles. The van der Waals surface area contributed by atoms with E-state index < -0.39 is 30.3 Å². The number of aliphatic hydroxyl groups excluding tert-OH is 3. The van der Waals surface area contributed by atoms with Crippen LogP contribution in [0.5, 0.6) is 0 Å². The number of carbonyl (C=O) groups excluding carboxylic acids is 1. The molecular formula is C10H18O8. The first-order valence-corrected chi connectivity index (χ1v) is 5.07. The smallest absolute Gasteiger partial charge is 0.332 e. The Kier molecular flexibility index (Phi) is 9.96. The highest BCUT2D eigenvalue weighted by atomic mass is 16.4. The number of rotatable bonds is 6. The number of carboxylic acid groups (broad SMARTS) is 2. The molecule has 5 N–H and O–H groups in total. The van der Waals surface area contributed by atoms with Gasteiger partial charge in [-0.05, 0) is 13.8 Å². The van der Waals surface area contributed by atoms with Gasteiger partial charge in [-0.1, -0.05) is 0 Å². The third-order valence-electron chi connectivity index (χ3n) is 1.62. The zero-order valence-corrected chi connectivity index (χ0v) is 10.1. The first-order chi connectivity index (χ1) is 8.07. The minimum atomic E-state index is -1.54. The van der Waals surface area contributed by atoms with Gasteiger partial charge in [-0.2, -0.15) is 0 Å². The summed E-state index contributed by atoms with van der Waals surface area (Å²) in [4.78, 5) is 29.8. The fourth-order valence-electron chi connectivity index (χ4n) is 0.784. The molecule has 0 saturated heterocycles. The van der Waals surface area contributed by atoms with Crippen molar-refractivity contribution in [3.63, 3.8) is 0 Å². The second kappa shape index (κ2) is 9.51. The highest BCUT2D eigenvalue weighted by molar-refractivity contribution is 5.83. The molecule has 3 unspecified atom stereocenters. The maximum Gasteiger partial charge on any atom is 0.332 e. The van der Waals surface area contributed by atoms with Crippen LogP contribution in [0.4, 0.5) is 0 Å². The summed E-state index contributed by atoms with van der Waals surface area (Å²) in [6.45, 7) is 2.65. The normalized spacial score (nSPS) is 14.7. The molecule has 106 valence electrons. The summed E-state index contributed by atoms with van der Waals surface area (Å²) in [6.07, 6.45) is -4.17. The molecule has 0 aliphatic rings. The average Bonchev–Trinajstić information content (AvgIpc) is 2.16. The Morgan fingerprint density at radius 1 is 0.944 bits per heavy atom. The third-order valence-corrected chi connectivity index (χ3v) is 1.62. The molecule has 0 aromatic rings. The number of carboxylic acids is 2. The molecule has 0 radical (unpaired) electrons. The summed E-state index contributed by atoms with van der Waals surface area (Å²) in [5.74, 6) is -2.98. The highest BCUT2D eigenvalue weighted by Crippen LogP contribution is 1.96. The standard InChI is InChI=1S/C5H10O4.C5H8O4/c2*1-3(6)2-4(7)5(8)9/h3-4,6-7H,2H2,1H3,(H,8,9);4,7H,2H2,1H3,(H,8,9). The van der Waals surface area contributed by atoms with Crippen molar-refractivity contribution in [2.24, 2.45) is 0 Å². The fourth-order valence-corrected chi connectivity index (χ4v) is 0.784. The second-order valence-electron chi connectivity index (χ2n) is 3.70. The molecule has 0 aliphatic carbocycles. The summed E-state index contributed by atoms with van der Waals surface area (Å²) < 4.78 is 0. The quantitative estimate of drug-likeness (QED) is 0.394. The van der Waals surface area contributed by atoms with Gasteiger partial charge in [-0.25, -0.2) is 9.59 Å². The van der Waals surface area contributed by atoms with Crippen LogP contribution >= 0.6 is 0 Å². The molecule has 0 bridgehead atoms. The SMILES string of the molecule is CC(=O)CC(O)C(=O)O.CC(O)CC(O)C(=O)O.